The molecule has 4 aromatic rings. The second-order valence-corrected chi connectivity index (χ2v) is 6.48. The number of rotatable bonds is 6. The summed E-state index contributed by atoms with van der Waals surface area (Å²) in [5, 5.41) is 18.4. The van der Waals surface area contributed by atoms with Gasteiger partial charge in [0.15, 0.2) is 6.39 Å². The van der Waals surface area contributed by atoms with Gasteiger partial charge in [-0.25, -0.2) is 15.1 Å². The minimum atomic E-state index is 0.120. The van der Waals surface area contributed by atoms with Gasteiger partial charge in [0.05, 0.1) is 24.0 Å². The SMILES string of the molecule is COc1ccc(-c2nn(-c3ccccc3)cc2C=NNc2ocnc2C#N)cc1Cl. The Balaban J connectivity index is 1.72. The average molecular weight is 419 g/mol. The van der Waals surface area contributed by atoms with Gasteiger partial charge < -0.3 is 9.15 Å². The Morgan fingerprint density at radius 1 is 1.27 bits per heavy atom. The maximum atomic E-state index is 9.01. The fourth-order valence-corrected chi connectivity index (χ4v) is 3.06. The highest BCUT2D eigenvalue weighted by molar-refractivity contribution is 6.32. The van der Waals surface area contributed by atoms with Crippen molar-refractivity contribution < 1.29 is 9.15 Å². The van der Waals surface area contributed by atoms with Crippen LogP contribution in [0.1, 0.15) is 11.3 Å². The molecule has 0 bridgehead atoms. The molecule has 8 nitrogen and oxygen atoms in total. The zero-order chi connectivity index (χ0) is 20.9. The Hall–Kier alpha value is -4.09. The van der Waals surface area contributed by atoms with Crippen molar-refractivity contribution in [2.45, 2.75) is 0 Å². The van der Waals surface area contributed by atoms with E-state index in [1.807, 2.05) is 48.7 Å². The second kappa shape index (κ2) is 8.51. The van der Waals surface area contributed by atoms with E-state index in [4.69, 9.17) is 31.1 Å². The van der Waals surface area contributed by atoms with Gasteiger partial charge in [-0.3, -0.25) is 0 Å². The number of halogens is 1. The van der Waals surface area contributed by atoms with Crippen LogP contribution in [0.4, 0.5) is 5.88 Å². The highest BCUT2D eigenvalue weighted by Crippen LogP contribution is 2.31. The third-order valence-corrected chi connectivity index (χ3v) is 4.53. The summed E-state index contributed by atoms with van der Waals surface area (Å²) in [6.07, 6.45) is 4.61. The van der Waals surface area contributed by atoms with E-state index in [1.165, 1.54) is 6.39 Å². The van der Waals surface area contributed by atoms with E-state index in [9.17, 15) is 0 Å². The van der Waals surface area contributed by atoms with E-state index in [-0.39, 0.29) is 11.6 Å². The molecule has 4 rings (SSSR count). The number of para-hydroxylation sites is 1. The number of aromatic nitrogens is 3. The van der Waals surface area contributed by atoms with Crippen molar-refractivity contribution in [3.63, 3.8) is 0 Å². The van der Waals surface area contributed by atoms with Gasteiger partial charge in [0, 0.05) is 17.3 Å². The van der Waals surface area contributed by atoms with Crippen LogP contribution >= 0.6 is 11.6 Å². The first-order chi connectivity index (χ1) is 14.7. The first kappa shape index (κ1) is 19.2. The van der Waals surface area contributed by atoms with Crippen molar-refractivity contribution in [2.24, 2.45) is 5.10 Å². The number of hydrogen-bond acceptors (Lipinski definition) is 7. The lowest BCUT2D eigenvalue weighted by Crippen LogP contribution is -1.94. The monoisotopic (exact) mass is 418 g/mol. The minimum Gasteiger partial charge on any atom is -0.495 e. The second-order valence-electron chi connectivity index (χ2n) is 6.07. The molecule has 0 spiro atoms. The van der Waals surface area contributed by atoms with Gasteiger partial charge >= 0.3 is 0 Å². The summed E-state index contributed by atoms with van der Waals surface area (Å²) in [7, 11) is 1.56. The third kappa shape index (κ3) is 3.87. The first-order valence-corrected chi connectivity index (χ1v) is 9.19. The smallest absolute Gasteiger partial charge is 0.251 e. The van der Waals surface area contributed by atoms with Crippen molar-refractivity contribution >= 4 is 23.7 Å². The van der Waals surface area contributed by atoms with Gasteiger partial charge in [0.1, 0.15) is 17.5 Å². The quantitative estimate of drug-likeness (QED) is 0.365. The molecule has 9 heteroatoms. The van der Waals surface area contributed by atoms with Crippen LogP contribution in [-0.2, 0) is 0 Å². The zero-order valence-electron chi connectivity index (χ0n) is 15.8. The number of nitrogens with one attached hydrogen (secondary N) is 1. The Bertz CT molecular complexity index is 1240. The summed E-state index contributed by atoms with van der Waals surface area (Å²) in [6, 6.07) is 17.1. The number of nitrogens with zero attached hydrogens (tertiary/aromatic N) is 5. The topological polar surface area (TPSA) is 101 Å². The van der Waals surface area contributed by atoms with E-state index < -0.39 is 0 Å². The number of benzene rings is 2. The van der Waals surface area contributed by atoms with Crippen LogP contribution < -0.4 is 10.2 Å². The minimum absolute atomic E-state index is 0.120. The Morgan fingerprint density at radius 2 is 2.10 bits per heavy atom. The lowest BCUT2D eigenvalue weighted by molar-refractivity contribution is 0.415. The molecule has 148 valence electrons. The van der Waals surface area contributed by atoms with Crippen LogP contribution in [0, 0.1) is 11.3 Å². The number of oxazole rings is 1. The molecule has 2 aromatic heterocycles. The van der Waals surface area contributed by atoms with Crippen LogP contribution in [-0.4, -0.2) is 28.1 Å². The molecule has 0 amide bonds. The number of nitriles is 1. The number of anilines is 1. The summed E-state index contributed by atoms with van der Waals surface area (Å²) in [6.45, 7) is 0. The fraction of sp³-hybridized carbons (Fsp3) is 0.0476. The van der Waals surface area contributed by atoms with Crippen molar-refractivity contribution in [1.29, 1.82) is 5.26 Å². The lowest BCUT2D eigenvalue weighted by atomic mass is 10.1. The van der Waals surface area contributed by atoms with Gasteiger partial charge in [-0.05, 0) is 30.3 Å². The number of ether oxygens (including phenoxy) is 1. The molecule has 1 N–H and O–H groups in total. The molecule has 2 aromatic carbocycles. The molecular weight excluding hydrogens is 404 g/mol. The molecule has 2 heterocycles. The van der Waals surface area contributed by atoms with Crippen LogP contribution in [0.25, 0.3) is 16.9 Å². The van der Waals surface area contributed by atoms with Crippen LogP contribution in [0.5, 0.6) is 5.75 Å². The summed E-state index contributed by atoms with van der Waals surface area (Å²) >= 11 is 6.31. The molecule has 0 unspecified atom stereocenters. The Morgan fingerprint density at radius 3 is 2.83 bits per heavy atom. The maximum Gasteiger partial charge on any atom is 0.251 e. The number of methoxy groups -OCH3 is 1. The van der Waals surface area contributed by atoms with E-state index in [0.717, 1.165) is 16.8 Å². The molecule has 0 saturated carbocycles. The van der Waals surface area contributed by atoms with Crippen molar-refractivity contribution in [3.05, 3.63) is 77.4 Å². The zero-order valence-corrected chi connectivity index (χ0v) is 16.5. The number of hydrogen-bond donors (Lipinski definition) is 1. The van der Waals surface area contributed by atoms with Gasteiger partial charge in [0.2, 0.25) is 5.69 Å². The number of hydrazone groups is 1. The van der Waals surface area contributed by atoms with Crippen molar-refractivity contribution in [2.75, 3.05) is 12.5 Å². The largest absolute Gasteiger partial charge is 0.495 e. The molecule has 30 heavy (non-hydrogen) atoms. The lowest BCUT2D eigenvalue weighted by Gasteiger charge is -2.05. The molecule has 0 atom stereocenters. The molecule has 0 fully saturated rings. The van der Waals surface area contributed by atoms with E-state index in [2.05, 4.69) is 15.5 Å². The average Bonchev–Trinajstić information content (AvgIpc) is 3.41. The fourth-order valence-electron chi connectivity index (χ4n) is 2.80. The van der Waals surface area contributed by atoms with Crippen LogP contribution in [0.15, 0.2) is 70.6 Å². The van der Waals surface area contributed by atoms with Crippen LogP contribution in [0.3, 0.4) is 0 Å². The molecular formula is C21H15ClN6O2. The normalized spacial score (nSPS) is 10.8. The van der Waals surface area contributed by atoms with E-state index in [0.29, 0.717) is 16.5 Å². The molecule has 0 radical (unpaired) electrons. The highest BCUT2D eigenvalue weighted by Gasteiger charge is 2.13. The summed E-state index contributed by atoms with van der Waals surface area (Å²) < 4.78 is 12.1. The third-order valence-electron chi connectivity index (χ3n) is 4.23. The maximum absolute atomic E-state index is 9.01. The highest BCUT2D eigenvalue weighted by atomic mass is 35.5. The van der Waals surface area contributed by atoms with Gasteiger partial charge in [0.25, 0.3) is 5.88 Å². The summed E-state index contributed by atoms with van der Waals surface area (Å²) in [4.78, 5) is 3.79. The standard InChI is InChI=1S/C21H15ClN6O2/c1-29-19-8-7-14(9-17(19)22)20-15(11-25-26-21-18(10-23)24-13-30-21)12-28(27-20)16-5-3-2-4-6-16/h2-9,11-13,26H,1H3. The summed E-state index contributed by atoms with van der Waals surface area (Å²) in [5.41, 5.74) is 5.90. The molecule has 0 saturated heterocycles. The predicted molar refractivity (Wildman–Crippen MR) is 113 cm³/mol. The van der Waals surface area contributed by atoms with Crippen LogP contribution in [0.2, 0.25) is 5.02 Å². The molecule has 0 aliphatic heterocycles. The molecule has 0 aliphatic rings. The summed E-state index contributed by atoms with van der Waals surface area (Å²) in [5.74, 6) is 0.743. The van der Waals surface area contributed by atoms with Gasteiger partial charge in [-0.1, -0.05) is 29.8 Å². The van der Waals surface area contributed by atoms with Crippen molar-refractivity contribution in [1.82, 2.24) is 14.8 Å². The van der Waals surface area contributed by atoms with Crippen molar-refractivity contribution in [3.8, 4) is 28.8 Å². The van der Waals surface area contributed by atoms with Gasteiger partial charge in [-0.2, -0.15) is 15.5 Å². The van der Waals surface area contributed by atoms with E-state index >= 15 is 0 Å². The van der Waals surface area contributed by atoms with E-state index in [1.54, 1.807) is 30.1 Å². The van der Waals surface area contributed by atoms with Gasteiger partial charge in [-0.15, -0.1) is 0 Å². The Labute approximate surface area is 177 Å². The predicted octanol–water partition coefficient (Wildman–Crippen LogP) is 4.51. The molecule has 0 aliphatic carbocycles. The Kier molecular flexibility index (Phi) is 5.46. The first-order valence-electron chi connectivity index (χ1n) is 8.81.